The molecule has 182 valence electrons. The maximum absolute atomic E-state index is 11.8. The lowest BCUT2D eigenvalue weighted by Gasteiger charge is -2.36. The number of aliphatic hydroxyl groups excluding tert-OH is 1. The maximum Gasteiger partial charge on any atom is 0.411 e. The Morgan fingerprint density at radius 3 is 2.43 bits per heavy atom. The van der Waals surface area contributed by atoms with Crippen molar-refractivity contribution in [1.29, 1.82) is 0 Å². The molecule has 0 aliphatic carbocycles. The molecule has 0 bridgehead atoms. The average Bonchev–Trinajstić information content (AvgIpc) is 2.91. The predicted molar refractivity (Wildman–Crippen MR) is 137 cm³/mol. The summed E-state index contributed by atoms with van der Waals surface area (Å²) in [6.45, 7) is 3.69. The highest BCUT2D eigenvalue weighted by atomic mass is 32.2. The van der Waals surface area contributed by atoms with Crippen LogP contribution < -0.4 is 5.32 Å². The van der Waals surface area contributed by atoms with Gasteiger partial charge in [0.1, 0.15) is 6.61 Å². The molecule has 3 aromatic carbocycles. The molecular formula is C28H29NO5S. The van der Waals surface area contributed by atoms with Gasteiger partial charge in [-0.3, -0.25) is 5.32 Å². The number of carbonyl (C=O) groups excluding carboxylic acids is 1. The SMILES string of the molecule is C=CCOC(=O)Nc1ccc([C@@H]2O[C@H](CSc3ccccc3)C[C@H](c3ccc(CO)cc3)O2)cc1. The molecule has 3 atom stereocenters. The van der Waals surface area contributed by atoms with Gasteiger partial charge < -0.3 is 19.3 Å². The third-order valence-corrected chi connectivity index (χ3v) is 6.70. The van der Waals surface area contributed by atoms with Crippen molar-refractivity contribution >= 4 is 23.5 Å². The lowest BCUT2D eigenvalue weighted by atomic mass is 10.0. The van der Waals surface area contributed by atoms with Crippen molar-refractivity contribution in [2.24, 2.45) is 0 Å². The number of nitrogens with one attached hydrogen (secondary N) is 1. The molecule has 1 heterocycles. The second kappa shape index (κ2) is 12.6. The van der Waals surface area contributed by atoms with Crippen molar-refractivity contribution in [3.63, 3.8) is 0 Å². The Bertz CT molecular complexity index is 1090. The van der Waals surface area contributed by atoms with Crippen LogP contribution in [0.4, 0.5) is 10.5 Å². The molecule has 0 saturated carbocycles. The van der Waals surface area contributed by atoms with E-state index < -0.39 is 12.4 Å². The fraction of sp³-hybridized carbons (Fsp3) is 0.250. The first-order valence-electron chi connectivity index (χ1n) is 11.5. The van der Waals surface area contributed by atoms with E-state index in [1.807, 2.05) is 54.6 Å². The van der Waals surface area contributed by atoms with E-state index in [0.717, 1.165) is 28.9 Å². The van der Waals surface area contributed by atoms with Crippen molar-refractivity contribution in [3.05, 3.63) is 108 Å². The number of rotatable bonds is 9. The highest BCUT2D eigenvalue weighted by molar-refractivity contribution is 7.99. The molecule has 6 nitrogen and oxygen atoms in total. The molecule has 1 aliphatic heterocycles. The van der Waals surface area contributed by atoms with Gasteiger partial charge in [-0.2, -0.15) is 0 Å². The van der Waals surface area contributed by atoms with Gasteiger partial charge in [0.05, 0.1) is 18.8 Å². The summed E-state index contributed by atoms with van der Waals surface area (Å²) < 4.78 is 17.7. The van der Waals surface area contributed by atoms with Gasteiger partial charge in [0, 0.05) is 28.3 Å². The van der Waals surface area contributed by atoms with Crippen LogP contribution in [0.2, 0.25) is 0 Å². The summed E-state index contributed by atoms with van der Waals surface area (Å²) in [5.41, 5.74) is 3.39. The number of hydrogen-bond acceptors (Lipinski definition) is 6. The third-order valence-electron chi connectivity index (χ3n) is 5.56. The third kappa shape index (κ3) is 7.19. The Morgan fingerprint density at radius 2 is 1.74 bits per heavy atom. The Kier molecular flexibility index (Phi) is 8.97. The molecule has 1 aliphatic rings. The first-order valence-corrected chi connectivity index (χ1v) is 12.5. The van der Waals surface area contributed by atoms with E-state index in [1.165, 1.54) is 11.0 Å². The quantitative estimate of drug-likeness (QED) is 0.272. The van der Waals surface area contributed by atoms with Crippen LogP contribution in [0.15, 0.2) is 96.4 Å². The summed E-state index contributed by atoms with van der Waals surface area (Å²) in [7, 11) is 0. The first-order chi connectivity index (χ1) is 17.1. The van der Waals surface area contributed by atoms with Gasteiger partial charge in [0.2, 0.25) is 0 Å². The number of thioether (sulfide) groups is 1. The monoisotopic (exact) mass is 491 g/mol. The molecule has 35 heavy (non-hydrogen) atoms. The summed E-state index contributed by atoms with van der Waals surface area (Å²) >= 11 is 1.76. The number of benzene rings is 3. The Hall–Kier alpha value is -3.10. The normalized spacial score (nSPS) is 19.6. The van der Waals surface area contributed by atoms with Crippen LogP contribution >= 0.6 is 11.8 Å². The van der Waals surface area contributed by atoms with Crippen molar-refractivity contribution in [3.8, 4) is 0 Å². The number of ether oxygens (including phenoxy) is 3. The summed E-state index contributed by atoms with van der Waals surface area (Å²) in [6.07, 6.45) is 0.994. The van der Waals surface area contributed by atoms with Gasteiger partial charge in [-0.1, -0.05) is 67.3 Å². The Labute approximate surface area is 209 Å². The smallest absolute Gasteiger partial charge is 0.411 e. The van der Waals surface area contributed by atoms with Crippen molar-refractivity contribution in [1.82, 2.24) is 0 Å². The van der Waals surface area contributed by atoms with E-state index >= 15 is 0 Å². The molecule has 0 spiro atoms. The number of carbonyl (C=O) groups is 1. The first kappa shape index (κ1) is 25.0. The molecule has 4 rings (SSSR count). The maximum atomic E-state index is 11.8. The second-order valence-corrected chi connectivity index (χ2v) is 9.20. The minimum absolute atomic E-state index is 0.00932. The van der Waals surface area contributed by atoms with Gasteiger partial charge in [0.15, 0.2) is 6.29 Å². The predicted octanol–water partition coefficient (Wildman–Crippen LogP) is 6.25. The molecule has 3 aromatic rings. The number of aliphatic hydroxyl groups is 1. The lowest BCUT2D eigenvalue weighted by Crippen LogP contribution is -2.31. The zero-order valence-corrected chi connectivity index (χ0v) is 20.2. The fourth-order valence-corrected chi connectivity index (χ4v) is 4.68. The molecule has 0 unspecified atom stereocenters. The number of anilines is 1. The van der Waals surface area contributed by atoms with Crippen LogP contribution in [-0.4, -0.2) is 29.7 Å². The molecule has 0 radical (unpaired) electrons. The number of hydrogen-bond donors (Lipinski definition) is 2. The summed E-state index contributed by atoms with van der Waals surface area (Å²) in [6, 6.07) is 25.5. The number of amides is 1. The molecule has 1 amide bonds. The van der Waals surface area contributed by atoms with Crippen LogP contribution in [-0.2, 0) is 20.8 Å². The minimum Gasteiger partial charge on any atom is -0.445 e. The van der Waals surface area contributed by atoms with Gasteiger partial charge in [-0.25, -0.2) is 4.79 Å². The molecular weight excluding hydrogens is 462 g/mol. The lowest BCUT2D eigenvalue weighted by molar-refractivity contribution is -0.245. The van der Waals surface area contributed by atoms with E-state index in [4.69, 9.17) is 14.2 Å². The van der Waals surface area contributed by atoms with Gasteiger partial charge in [0.25, 0.3) is 0 Å². The van der Waals surface area contributed by atoms with E-state index in [1.54, 1.807) is 23.9 Å². The van der Waals surface area contributed by atoms with Crippen molar-refractivity contribution in [2.45, 2.75) is 36.4 Å². The van der Waals surface area contributed by atoms with E-state index in [-0.39, 0.29) is 25.4 Å². The largest absolute Gasteiger partial charge is 0.445 e. The van der Waals surface area contributed by atoms with E-state index in [2.05, 4.69) is 24.0 Å². The Morgan fingerprint density at radius 1 is 1.03 bits per heavy atom. The molecule has 1 fully saturated rings. The zero-order valence-electron chi connectivity index (χ0n) is 19.3. The van der Waals surface area contributed by atoms with Gasteiger partial charge >= 0.3 is 6.09 Å². The summed E-state index contributed by atoms with van der Waals surface area (Å²) in [5.74, 6) is 0.796. The second-order valence-electron chi connectivity index (χ2n) is 8.11. The zero-order chi connectivity index (χ0) is 24.5. The van der Waals surface area contributed by atoms with Crippen LogP contribution in [0, 0.1) is 0 Å². The molecule has 7 heteroatoms. The fourth-order valence-electron chi connectivity index (χ4n) is 3.74. The standard InChI is InChI=1S/C28H29NO5S/c1-2-16-32-28(31)29-23-14-12-22(13-15-23)27-33-24(19-35-25-6-4-3-5-7-25)17-26(34-27)21-10-8-20(18-30)9-11-21/h2-15,24,26-27,30H,1,16-19H2,(H,29,31)/t24-,26+,27+/m0/s1. The Balaban J connectivity index is 1.47. The highest BCUT2D eigenvalue weighted by Gasteiger charge is 2.32. The van der Waals surface area contributed by atoms with E-state index in [0.29, 0.717) is 5.69 Å². The average molecular weight is 492 g/mol. The molecule has 1 saturated heterocycles. The van der Waals surface area contributed by atoms with Crippen molar-refractivity contribution in [2.75, 3.05) is 17.7 Å². The topological polar surface area (TPSA) is 77.0 Å². The summed E-state index contributed by atoms with van der Waals surface area (Å²) in [5, 5.41) is 12.1. The summed E-state index contributed by atoms with van der Waals surface area (Å²) in [4.78, 5) is 13.0. The highest BCUT2D eigenvalue weighted by Crippen LogP contribution is 2.39. The van der Waals surface area contributed by atoms with Gasteiger partial charge in [-0.05, 0) is 35.4 Å². The van der Waals surface area contributed by atoms with Crippen LogP contribution in [0.1, 0.15) is 35.5 Å². The van der Waals surface area contributed by atoms with Gasteiger partial charge in [-0.15, -0.1) is 11.8 Å². The van der Waals surface area contributed by atoms with Crippen LogP contribution in [0.3, 0.4) is 0 Å². The molecule has 2 N–H and O–H groups in total. The van der Waals surface area contributed by atoms with Crippen LogP contribution in [0.5, 0.6) is 0 Å². The molecule has 0 aromatic heterocycles. The van der Waals surface area contributed by atoms with E-state index in [9.17, 15) is 9.90 Å². The van der Waals surface area contributed by atoms with Crippen LogP contribution in [0.25, 0.3) is 0 Å². The minimum atomic E-state index is -0.547. The van der Waals surface area contributed by atoms with Crippen molar-refractivity contribution < 1.29 is 24.1 Å².